The number of hydrogen-bond acceptors (Lipinski definition) is 1. The normalized spacial score (nSPS) is 13.4. The molecule has 0 aromatic rings. The van der Waals surface area contributed by atoms with Crippen molar-refractivity contribution in [3.8, 4) is 4.97 Å². The van der Waals surface area contributed by atoms with Crippen LogP contribution in [-0.4, -0.2) is 15.0 Å². The zero-order valence-corrected chi connectivity index (χ0v) is 7.22. The Kier molecular flexibility index (Phi) is 3.95. The van der Waals surface area contributed by atoms with E-state index in [1.54, 1.807) is 0 Å². The molecule has 0 saturated heterocycles. The fourth-order valence-electron chi connectivity index (χ4n) is 0.219. The Labute approximate surface area is 57.2 Å². The Bertz CT molecular complexity index is 93.2. The van der Waals surface area contributed by atoms with E-state index in [0.29, 0.717) is 10.7 Å². The summed E-state index contributed by atoms with van der Waals surface area (Å²) in [5, 5.41) is 8.26. The molecule has 46 valence electrons. The number of hydrogen-bond donors (Lipinski definition) is 0. The summed E-state index contributed by atoms with van der Waals surface area (Å²) in [5.41, 5.74) is 0. The molecule has 0 aromatic heterocycles. The van der Waals surface area contributed by atoms with Crippen LogP contribution in [0.3, 0.4) is 0 Å². The third kappa shape index (κ3) is 3.07. The van der Waals surface area contributed by atoms with Crippen LogP contribution in [-0.2, 0) is 0 Å². The molecular formula is C6H11NSe. The zero-order chi connectivity index (χ0) is 6.57. The molecule has 8 heavy (non-hydrogen) atoms. The van der Waals surface area contributed by atoms with E-state index in [0.717, 1.165) is 0 Å². The van der Waals surface area contributed by atoms with Crippen LogP contribution in [0.25, 0.3) is 0 Å². The predicted octanol–water partition coefficient (Wildman–Crippen LogP) is 1.64. The predicted molar refractivity (Wildman–Crippen MR) is 35.6 cm³/mol. The first-order valence-electron chi connectivity index (χ1n) is 2.73. The molecule has 1 nitrogen and oxygen atoms in total. The second-order valence-corrected chi connectivity index (χ2v) is 4.60. The van der Waals surface area contributed by atoms with Crippen molar-refractivity contribution < 1.29 is 0 Å². The molecule has 0 heterocycles. The Hall–Kier alpha value is 0.00948. The van der Waals surface area contributed by atoms with E-state index in [1.807, 2.05) is 0 Å². The third-order valence-corrected chi connectivity index (χ3v) is 3.32. The molecule has 0 spiro atoms. The van der Waals surface area contributed by atoms with E-state index in [-0.39, 0.29) is 15.0 Å². The molecular weight excluding hydrogens is 165 g/mol. The quantitative estimate of drug-likeness (QED) is 0.586. The monoisotopic (exact) mass is 177 g/mol. The molecule has 1 unspecified atom stereocenters. The van der Waals surface area contributed by atoms with Gasteiger partial charge in [-0.3, -0.25) is 0 Å². The summed E-state index contributed by atoms with van der Waals surface area (Å²) < 4.78 is 0. The first-order valence-corrected chi connectivity index (χ1v) is 4.57. The van der Waals surface area contributed by atoms with E-state index in [1.165, 1.54) is 0 Å². The van der Waals surface area contributed by atoms with Crippen molar-refractivity contribution in [1.82, 2.24) is 0 Å². The minimum atomic E-state index is 0.203. The van der Waals surface area contributed by atoms with Gasteiger partial charge in [-0.05, 0) is 0 Å². The van der Waals surface area contributed by atoms with Gasteiger partial charge in [0.2, 0.25) is 0 Å². The third-order valence-electron chi connectivity index (χ3n) is 1.18. The van der Waals surface area contributed by atoms with Crippen molar-refractivity contribution >= 4 is 15.0 Å². The van der Waals surface area contributed by atoms with E-state index in [4.69, 9.17) is 5.26 Å². The van der Waals surface area contributed by atoms with Gasteiger partial charge in [-0.15, -0.1) is 0 Å². The van der Waals surface area contributed by atoms with Gasteiger partial charge in [0.25, 0.3) is 0 Å². The van der Waals surface area contributed by atoms with Crippen LogP contribution in [0.2, 0.25) is 4.82 Å². The van der Waals surface area contributed by atoms with Gasteiger partial charge < -0.3 is 0 Å². The van der Waals surface area contributed by atoms with Crippen molar-refractivity contribution in [1.29, 1.82) is 5.26 Å². The van der Waals surface area contributed by atoms with Crippen LogP contribution < -0.4 is 0 Å². The van der Waals surface area contributed by atoms with Crippen molar-refractivity contribution in [2.24, 2.45) is 5.92 Å². The SMILES string of the molecule is CC(C)C(C)[Se]C#N. The first kappa shape index (κ1) is 8.01. The molecule has 0 aliphatic carbocycles. The average Bonchev–Trinajstić information content (AvgIpc) is 1.67. The Morgan fingerprint density at radius 2 is 1.88 bits per heavy atom. The summed E-state index contributed by atoms with van der Waals surface area (Å²) in [6.07, 6.45) is 0. The van der Waals surface area contributed by atoms with Gasteiger partial charge in [0.15, 0.2) is 0 Å². The van der Waals surface area contributed by atoms with E-state index in [2.05, 4.69) is 25.7 Å². The van der Waals surface area contributed by atoms with Gasteiger partial charge in [0, 0.05) is 0 Å². The molecule has 0 aliphatic rings. The second kappa shape index (κ2) is 3.95. The van der Waals surface area contributed by atoms with Crippen molar-refractivity contribution in [3.63, 3.8) is 0 Å². The fraction of sp³-hybridized carbons (Fsp3) is 0.833. The van der Waals surface area contributed by atoms with Gasteiger partial charge >= 0.3 is 56.7 Å². The average molecular weight is 176 g/mol. The first-order chi connectivity index (χ1) is 3.68. The molecule has 2 heteroatoms. The van der Waals surface area contributed by atoms with Crippen LogP contribution in [0.15, 0.2) is 0 Å². The summed E-state index contributed by atoms with van der Waals surface area (Å²) >= 11 is 0.203. The Balaban J connectivity index is 3.35. The molecule has 0 bridgehead atoms. The Morgan fingerprint density at radius 1 is 1.38 bits per heavy atom. The summed E-state index contributed by atoms with van der Waals surface area (Å²) in [7, 11) is 0. The summed E-state index contributed by atoms with van der Waals surface area (Å²) in [4.78, 5) is 2.83. The Morgan fingerprint density at radius 3 is 2.00 bits per heavy atom. The molecule has 0 rings (SSSR count). The zero-order valence-electron chi connectivity index (χ0n) is 5.51. The summed E-state index contributed by atoms with van der Waals surface area (Å²) in [5.74, 6) is 0.676. The van der Waals surface area contributed by atoms with Gasteiger partial charge in [-0.2, -0.15) is 0 Å². The van der Waals surface area contributed by atoms with Crippen LogP contribution >= 0.6 is 0 Å². The number of nitriles is 1. The van der Waals surface area contributed by atoms with Crippen LogP contribution in [0.1, 0.15) is 20.8 Å². The van der Waals surface area contributed by atoms with Gasteiger partial charge in [-0.25, -0.2) is 0 Å². The maximum absolute atomic E-state index is 8.26. The number of rotatable bonds is 2. The molecule has 1 atom stereocenters. The van der Waals surface area contributed by atoms with E-state index < -0.39 is 0 Å². The van der Waals surface area contributed by atoms with Gasteiger partial charge in [0.1, 0.15) is 0 Å². The molecule has 0 aliphatic heterocycles. The van der Waals surface area contributed by atoms with Gasteiger partial charge in [-0.1, -0.05) is 0 Å². The van der Waals surface area contributed by atoms with Crippen molar-refractivity contribution in [2.75, 3.05) is 0 Å². The molecule has 0 N–H and O–H groups in total. The van der Waals surface area contributed by atoms with Crippen molar-refractivity contribution in [2.45, 2.75) is 25.6 Å². The maximum atomic E-state index is 8.26. The molecule has 0 amide bonds. The summed E-state index contributed by atoms with van der Waals surface area (Å²) in [6.45, 7) is 6.45. The van der Waals surface area contributed by atoms with Crippen LogP contribution in [0, 0.1) is 16.1 Å². The minimum absolute atomic E-state index is 0.203. The topological polar surface area (TPSA) is 23.8 Å². The van der Waals surface area contributed by atoms with Crippen LogP contribution in [0.4, 0.5) is 0 Å². The fourth-order valence-corrected chi connectivity index (χ4v) is 1.14. The summed E-state index contributed by atoms with van der Waals surface area (Å²) in [6, 6.07) is 0. The van der Waals surface area contributed by atoms with Gasteiger partial charge in [0.05, 0.1) is 0 Å². The molecule has 0 saturated carbocycles. The van der Waals surface area contributed by atoms with E-state index in [9.17, 15) is 0 Å². The van der Waals surface area contributed by atoms with E-state index >= 15 is 0 Å². The van der Waals surface area contributed by atoms with Crippen LogP contribution in [0.5, 0.6) is 0 Å². The standard InChI is InChI=1S/C6H11NSe/c1-5(2)6(3)8-4-7/h5-6H,1-3H3. The molecule has 0 radical (unpaired) electrons. The molecule has 0 aromatic carbocycles. The second-order valence-electron chi connectivity index (χ2n) is 2.16. The molecule has 0 fully saturated rings. The number of nitrogens with zero attached hydrogens (tertiary/aromatic N) is 1. The van der Waals surface area contributed by atoms with Crippen molar-refractivity contribution in [3.05, 3.63) is 0 Å².